The van der Waals surface area contributed by atoms with E-state index in [1.165, 1.54) is 0 Å². The van der Waals surface area contributed by atoms with Gasteiger partial charge in [0.1, 0.15) is 5.15 Å². The summed E-state index contributed by atoms with van der Waals surface area (Å²) in [5.41, 5.74) is 2.96. The second-order valence-electron chi connectivity index (χ2n) is 6.30. The molecule has 0 N–H and O–H groups in total. The highest BCUT2D eigenvalue weighted by Gasteiger charge is 2.35. The molecule has 128 valence electrons. The van der Waals surface area contributed by atoms with Gasteiger partial charge in [-0.05, 0) is 56.0 Å². The van der Waals surface area contributed by atoms with Gasteiger partial charge in [0.25, 0.3) is 0 Å². The van der Waals surface area contributed by atoms with Crippen molar-refractivity contribution in [1.29, 1.82) is 0 Å². The van der Waals surface area contributed by atoms with Crippen molar-refractivity contribution in [2.24, 2.45) is 0 Å². The van der Waals surface area contributed by atoms with Crippen molar-refractivity contribution in [3.8, 4) is 0 Å². The van der Waals surface area contributed by atoms with Gasteiger partial charge in [-0.15, -0.1) is 0 Å². The summed E-state index contributed by atoms with van der Waals surface area (Å²) < 4.78 is 27.9. The van der Waals surface area contributed by atoms with E-state index in [9.17, 15) is 8.42 Å². The molecule has 0 radical (unpaired) electrons. The van der Waals surface area contributed by atoms with Crippen molar-refractivity contribution >= 4 is 21.6 Å². The molecule has 1 atom stereocenters. The van der Waals surface area contributed by atoms with Gasteiger partial charge in [0.2, 0.25) is 10.0 Å². The zero-order valence-corrected chi connectivity index (χ0v) is 15.4. The maximum Gasteiger partial charge on any atom is 0.243 e. The van der Waals surface area contributed by atoms with Crippen molar-refractivity contribution in [3.63, 3.8) is 0 Å². The summed E-state index contributed by atoms with van der Waals surface area (Å²) in [6.07, 6.45) is 4.40. The number of hydrogen-bond donors (Lipinski definition) is 0. The van der Waals surface area contributed by atoms with E-state index in [4.69, 9.17) is 11.6 Å². The van der Waals surface area contributed by atoms with Gasteiger partial charge in [0.15, 0.2) is 0 Å². The Balaban J connectivity index is 2.01. The molecule has 0 saturated carbocycles. The smallest absolute Gasteiger partial charge is 0.243 e. The lowest BCUT2D eigenvalue weighted by atomic mass is 9.96. The van der Waals surface area contributed by atoms with Crippen LogP contribution in [0.3, 0.4) is 0 Å². The second kappa shape index (κ2) is 6.82. The van der Waals surface area contributed by atoms with Gasteiger partial charge < -0.3 is 0 Å². The topological polar surface area (TPSA) is 50.3 Å². The molecule has 4 nitrogen and oxygen atoms in total. The Morgan fingerprint density at radius 1 is 1.17 bits per heavy atom. The Morgan fingerprint density at radius 3 is 2.54 bits per heavy atom. The number of nitrogens with zero attached hydrogens (tertiary/aromatic N) is 2. The first-order valence-corrected chi connectivity index (χ1v) is 9.92. The molecular weight excluding hydrogens is 344 g/mol. The Morgan fingerprint density at radius 2 is 1.88 bits per heavy atom. The van der Waals surface area contributed by atoms with Crippen LogP contribution in [0.25, 0.3) is 0 Å². The van der Waals surface area contributed by atoms with Crippen LogP contribution in [0.4, 0.5) is 0 Å². The molecule has 6 heteroatoms. The molecular formula is C18H21ClN2O2S. The molecule has 1 aromatic carbocycles. The Labute approximate surface area is 148 Å². The molecule has 0 amide bonds. The predicted molar refractivity (Wildman–Crippen MR) is 95.6 cm³/mol. The first kappa shape index (κ1) is 17.4. The number of sulfonamides is 1. The van der Waals surface area contributed by atoms with E-state index in [-0.39, 0.29) is 6.04 Å². The third kappa shape index (κ3) is 3.34. The minimum atomic E-state index is -3.53. The molecule has 2 aromatic rings. The molecule has 2 heterocycles. The van der Waals surface area contributed by atoms with E-state index in [0.29, 0.717) is 16.6 Å². The highest BCUT2D eigenvalue weighted by atomic mass is 35.5. The Hall–Kier alpha value is -1.43. The van der Waals surface area contributed by atoms with E-state index in [1.807, 2.05) is 26.0 Å². The van der Waals surface area contributed by atoms with Crippen LogP contribution < -0.4 is 0 Å². The molecule has 3 rings (SSSR count). The summed E-state index contributed by atoms with van der Waals surface area (Å²) in [6, 6.07) is 8.64. The van der Waals surface area contributed by atoms with E-state index < -0.39 is 10.0 Å². The standard InChI is InChI=1S/C18H21ClN2O2S/c1-13-6-8-15(9-7-13)24(22,23)21-10-4-3-5-17(21)16-12-20-18(19)11-14(16)2/h6-9,11-12,17H,3-5,10H2,1-2H3/t17-/m1/s1. The molecule has 0 unspecified atom stereocenters. The van der Waals surface area contributed by atoms with Crippen LogP contribution in [0.2, 0.25) is 5.15 Å². The molecule has 1 fully saturated rings. The van der Waals surface area contributed by atoms with Crippen LogP contribution in [-0.4, -0.2) is 24.3 Å². The first-order valence-electron chi connectivity index (χ1n) is 8.10. The highest BCUT2D eigenvalue weighted by molar-refractivity contribution is 7.89. The molecule has 0 bridgehead atoms. The van der Waals surface area contributed by atoms with E-state index in [1.54, 1.807) is 28.7 Å². The van der Waals surface area contributed by atoms with Crippen LogP contribution in [0, 0.1) is 13.8 Å². The molecule has 0 aliphatic carbocycles. The number of pyridine rings is 1. The van der Waals surface area contributed by atoms with Crippen molar-refractivity contribution in [1.82, 2.24) is 9.29 Å². The molecule has 1 aliphatic rings. The summed E-state index contributed by atoms with van der Waals surface area (Å²) in [5, 5.41) is 0.431. The zero-order valence-electron chi connectivity index (χ0n) is 13.9. The quantitative estimate of drug-likeness (QED) is 0.764. The fourth-order valence-electron chi connectivity index (χ4n) is 3.23. The van der Waals surface area contributed by atoms with Gasteiger partial charge >= 0.3 is 0 Å². The van der Waals surface area contributed by atoms with Crippen molar-refractivity contribution in [2.45, 2.75) is 44.0 Å². The molecule has 24 heavy (non-hydrogen) atoms. The zero-order chi connectivity index (χ0) is 17.3. The van der Waals surface area contributed by atoms with Gasteiger partial charge in [0, 0.05) is 12.7 Å². The summed E-state index contributed by atoms with van der Waals surface area (Å²) >= 11 is 5.95. The largest absolute Gasteiger partial charge is 0.244 e. The van der Waals surface area contributed by atoms with Crippen LogP contribution in [0.1, 0.15) is 42.0 Å². The normalized spacial score (nSPS) is 19.4. The number of rotatable bonds is 3. The number of benzene rings is 1. The number of hydrogen-bond acceptors (Lipinski definition) is 3. The van der Waals surface area contributed by atoms with Crippen LogP contribution in [0.5, 0.6) is 0 Å². The average Bonchev–Trinajstić information content (AvgIpc) is 2.55. The number of piperidine rings is 1. The number of halogens is 1. The van der Waals surface area contributed by atoms with Crippen molar-refractivity contribution < 1.29 is 8.42 Å². The summed E-state index contributed by atoms with van der Waals surface area (Å²) in [7, 11) is -3.53. The van der Waals surface area contributed by atoms with Gasteiger partial charge in [-0.3, -0.25) is 0 Å². The summed E-state index contributed by atoms with van der Waals surface area (Å²) in [6.45, 7) is 4.43. The third-order valence-electron chi connectivity index (χ3n) is 4.56. The fraction of sp³-hybridized carbons (Fsp3) is 0.389. The van der Waals surface area contributed by atoms with Crippen LogP contribution in [0.15, 0.2) is 41.4 Å². The Bertz CT molecular complexity index is 835. The molecule has 1 aromatic heterocycles. The minimum Gasteiger partial charge on any atom is -0.244 e. The SMILES string of the molecule is Cc1ccc(S(=O)(=O)N2CCCC[C@@H]2c2cnc(Cl)cc2C)cc1. The lowest BCUT2D eigenvalue weighted by Crippen LogP contribution is -2.38. The fourth-order valence-corrected chi connectivity index (χ4v) is 5.12. The summed E-state index contributed by atoms with van der Waals surface area (Å²) in [4.78, 5) is 4.51. The molecule has 1 saturated heterocycles. The Kier molecular flexibility index (Phi) is 4.95. The maximum absolute atomic E-state index is 13.1. The second-order valence-corrected chi connectivity index (χ2v) is 8.58. The first-order chi connectivity index (χ1) is 11.4. The van der Waals surface area contributed by atoms with Gasteiger partial charge in [0.05, 0.1) is 10.9 Å². The lowest BCUT2D eigenvalue weighted by Gasteiger charge is -2.35. The van der Waals surface area contributed by atoms with Gasteiger partial charge in [-0.1, -0.05) is 35.7 Å². The average molecular weight is 365 g/mol. The highest BCUT2D eigenvalue weighted by Crippen LogP contribution is 2.36. The van der Waals surface area contributed by atoms with E-state index in [0.717, 1.165) is 36.0 Å². The van der Waals surface area contributed by atoms with Crippen molar-refractivity contribution in [3.05, 3.63) is 58.4 Å². The number of aryl methyl sites for hydroxylation is 2. The van der Waals surface area contributed by atoms with Gasteiger partial charge in [-0.2, -0.15) is 4.31 Å². The maximum atomic E-state index is 13.1. The van der Waals surface area contributed by atoms with E-state index in [2.05, 4.69) is 4.98 Å². The lowest BCUT2D eigenvalue weighted by molar-refractivity contribution is 0.255. The molecule has 0 spiro atoms. The van der Waals surface area contributed by atoms with Crippen molar-refractivity contribution in [2.75, 3.05) is 6.54 Å². The van der Waals surface area contributed by atoms with Gasteiger partial charge in [-0.25, -0.2) is 13.4 Å². The summed E-state index contributed by atoms with van der Waals surface area (Å²) in [5.74, 6) is 0. The third-order valence-corrected chi connectivity index (χ3v) is 6.69. The molecule has 1 aliphatic heterocycles. The van der Waals surface area contributed by atoms with Crippen LogP contribution >= 0.6 is 11.6 Å². The van der Waals surface area contributed by atoms with E-state index >= 15 is 0 Å². The minimum absolute atomic E-state index is 0.185. The predicted octanol–water partition coefficient (Wildman–Crippen LogP) is 4.27. The van der Waals surface area contributed by atoms with Crippen LogP contribution in [-0.2, 0) is 10.0 Å². The number of aromatic nitrogens is 1. The monoisotopic (exact) mass is 364 g/mol.